The molecule has 3 unspecified atom stereocenters. The molecule has 200 valence electrons. The van der Waals surface area contributed by atoms with Gasteiger partial charge in [0.15, 0.2) is 18.3 Å². The molecule has 8 nitrogen and oxygen atoms in total. The molecule has 1 aliphatic heterocycles. The average Bonchev–Trinajstić information content (AvgIpc) is 3.50. The Hall–Kier alpha value is -3.91. The number of ether oxygens (including phenoxy) is 6. The molecule has 0 radical (unpaired) electrons. The van der Waals surface area contributed by atoms with Gasteiger partial charge in [0, 0.05) is 30.1 Å². The molecule has 8 heteroatoms. The van der Waals surface area contributed by atoms with Gasteiger partial charge in [-0.15, -0.1) is 0 Å². The van der Waals surface area contributed by atoms with E-state index < -0.39 is 23.2 Å². The fourth-order valence-corrected chi connectivity index (χ4v) is 5.70. The van der Waals surface area contributed by atoms with E-state index in [0.29, 0.717) is 35.4 Å². The largest absolute Gasteiger partial charge is 0.497 e. The second-order valence-corrected chi connectivity index (χ2v) is 9.62. The van der Waals surface area contributed by atoms with Crippen LogP contribution >= 0.6 is 0 Å². The molecule has 0 bridgehead atoms. The summed E-state index contributed by atoms with van der Waals surface area (Å²) in [5, 5.41) is 10.8. The fourth-order valence-electron chi connectivity index (χ4n) is 5.70. The van der Waals surface area contributed by atoms with Gasteiger partial charge >= 0.3 is 5.97 Å². The van der Waals surface area contributed by atoms with Gasteiger partial charge in [-0.3, -0.25) is 4.79 Å². The molecule has 0 amide bonds. The summed E-state index contributed by atoms with van der Waals surface area (Å²) in [5.41, 5.74) is 2.44. The lowest BCUT2D eigenvalue weighted by Gasteiger charge is -2.33. The van der Waals surface area contributed by atoms with Gasteiger partial charge in [0.05, 0.1) is 19.6 Å². The van der Waals surface area contributed by atoms with Crippen molar-refractivity contribution in [2.75, 3.05) is 34.4 Å². The average molecular weight is 521 g/mol. The maximum Gasteiger partial charge on any atom is 0.308 e. The van der Waals surface area contributed by atoms with Crippen molar-refractivity contribution in [3.63, 3.8) is 0 Å². The molecule has 3 aromatic rings. The predicted octanol–water partition coefficient (Wildman–Crippen LogP) is 5.35. The van der Waals surface area contributed by atoms with E-state index in [-0.39, 0.29) is 13.6 Å². The van der Waals surface area contributed by atoms with Gasteiger partial charge < -0.3 is 33.5 Å². The maximum absolute atomic E-state index is 13.2. The van der Waals surface area contributed by atoms with Crippen LogP contribution in [0.1, 0.15) is 48.4 Å². The SMILES string of the molecule is CCCOc1ccc2c(c1)C(c1ccc(OC)cc1OCOC)C(C(=O)O)C2(C)c1ccc2c(c1)OCO2. The summed E-state index contributed by atoms with van der Waals surface area (Å²) in [6.45, 7) is 4.74. The highest BCUT2D eigenvalue weighted by atomic mass is 16.7. The number of aliphatic carboxylic acids is 1. The summed E-state index contributed by atoms with van der Waals surface area (Å²) >= 11 is 0. The normalized spacial score (nSPS) is 21.2. The van der Waals surface area contributed by atoms with Crippen LogP contribution in [0.25, 0.3) is 0 Å². The van der Waals surface area contributed by atoms with E-state index in [1.165, 1.54) is 0 Å². The Morgan fingerprint density at radius 2 is 1.76 bits per heavy atom. The number of rotatable bonds is 10. The molecule has 0 spiro atoms. The summed E-state index contributed by atoms with van der Waals surface area (Å²) in [6, 6.07) is 17.0. The Balaban J connectivity index is 1.74. The van der Waals surface area contributed by atoms with Gasteiger partial charge in [0.25, 0.3) is 0 Å². The maximum atomic E-state index is 13.2. The van der Waals surface area contributed by atoms with Gasteiger partial charge in [0.1, 0.15) is 17.2 Å². The third kappa shape index (κ3) is 4.28. The van der Waals surface area contributed by atoms with E-state index in [1.54, 1.807) is 20.3 Å². The van der Waals surface area contributed by atoms with Crippen LogP contribution in [-0.2, 0) is 14.9 Å². The highest BCUT2D eigenvalue weighted by molar-refractivity contribution is 5.80. The number of carboxylic acid groups (broad SMARTS) is 1. The van der Waals surface area contributed by atoms with Crippen LogP contribution in [0.15, 0.2) is 54.6 Å². The van der Waals surface area contributed by atoms with E-state index in [0.717, 1.165) is 28.7 Å². The Bertz CT molecular complexity index is 1340. The zero-order valence-electron chi connectivity index (χ0n) is 22.0. The van der Waals surface area contributed by atoms with Gasteiger partial charge in [-0.25, -0.2) is 0 Å². The molecule has 0 fully saturated rings. The highest BCUT2D eigenvalue weighted by Crippen LogP contribution is 2.59. The Morgan fingerprint density at radius 1 is 0.974 bits per heavy atom. The first-order valence-electron chi connectivity index (χ1n) is 12.6. The first kappa shape index (κ1) is 25.7. The fraction of sp³-hybridized carbons (Fsp3) is 0.367. The minimum Gasteiger partial charge on any atom is -0.497 e. The van der Waals surface area contributed by atoms with Gasteiger partial charge in [-0.2, -0.15) is 0 Å². The standard InChI is InChI=1S/C30H32O8/c1-5-12-35-20-8-10-23-22(14-20)27(21-9-7-19(34-4)15-25(21)36-16-33-3)28(29(31)32)30(23,2)18-6-11-24-26(13-18)38-17-37-24/h6-11,13-15,27-28H,5,12,16-17H2,1-4H3,(H,31,32). The van der Waals surface area contributed by atoms with E-state index in [4.69, 9.17) is 28.4 Å². The van der Waals surface area contributed by atoms with Crippen LogP contribution < -0.4 is 23.7 Å². The van der Waals surface area contributed by atoms with Gasteiger partial charge in [-0.1, -0.05) is 32.0 Å². The van der Waals surface area contributed by atoms with Crippen molar-refractivity contribution in [3.8, 4) is 28.7 Å². The van der Waals surface area contributed by atoms with Crippen LogP contribution in [0.2, 0.25) is 0 Å². The molecule has 0 saturated carbocycles. The third-order valence-corrected chi connectivity index (χ3v) is 7.47. The predicted molar refractivity (Wildman–Crippen MR) is 140 cm³/mol. The quantitative estimate of drug-likeness (QED) is 0.358. The van der Waals surface area contributed by atoms with Crippen LogP contribution in [0.4, 0.5) is 0 Å². The topological polar surface area (TPSA) is 92.7 Å². The minimum atomic E-state index is -0.920. The van der Waals surface area contributed by atoms with Crippen molar-refractivity contribution in [2.45, 2.75) is 31.6 Å². The molecule has 0 aromatic heterocycles. The minimum absolute atomic E-state index is 0.0105. The lowest BCUT2D eigenvalue weighted by atomic mass is 9.68. The molecular weight excluding hydrogens is 488 g/mol. The van der Waals surface area contributed by atoms with Crippen molar-refractivity contribution >= 4 is 5.97 Å². The first-order chi connectivity index (χ1) is 18.4. The molecule has 3 aromatic carbocycles. The number of fused-ring (bicyclic) bond motifs is 2. The van der Waals surface area contributed by atoms with Crippen LogP contribution in [0.5, 0.6) is 28.7 Å². The Labute approximate surface area is 222 Å². The van der Waals surface area contributed by atoms with Crippen molar-refractivity contribution in [1.82, 2.24) is 0 Å². The van der Waals surface area contributed by atoms with Gasteiger partial charge in [0.2, 0.25) is 6.79 Å². The summed E-state index contributed by atoms with van der Waals surface area (Å²) in [6.07, 6.45) is 0.862. The summed E-state index contributed by atoms with van der Waals surface area (Å²) in [7, 11) is 3.12. The monoisotopic (exact) mass is 520 g/mol. The number of carboxylic acids is 1. The lowest BCUT2D eigenvalue weighted by Crippen LogP contribution is -2.37. The Morgan fingerprint density at radius 3 is 2.50 bits per heavy atom. The number of hydrogen-bond acceptors (Lipinski definition) is 7. The number of methoxy groups -OCH3 is 2. The molecule has 1 aliphatic carbocycles. The van der Waals surface area contributed by atoms with Gasteiger partial charge in [-0.05, 0) is 53.4 Å². The van der Waals surface area contributed by atoms with Crippen molar-refractivity contribution < 1.29 is 38.3 Å². The molecule has 2 aliphatic rings. The van der Waals surface area contributed by atoms with Crippen LogP contribution in [0.3, 0.4) is 0 Å². The molecular formula is C30H32O8. The molecule has 0 saturated heterocycles. The lowest BCUT2D eigenvalue weighted by molar-refractivity contribution is -0.143. The number of carbonyl (C=O) groups is 1. The first-order valence-corrected chi connectivity index (χ1v) is 12.6. The molecule has 1 N–H and O–H groups in total. The number of benzene rings is 3. The summed E-state index contributed by atoms with van der Waals surface area (Å²) < 4.78 is 33.7. The summed E-state index contributed by atoms with van der Waals surface area (Å²) in [4.78, 5) is 13.2. The highest BCUT2D eigenvalue weighted by Gasteiger charge is 2.55. The van der Waals surface area contributed by atoms with E-state index in [1.807, 2.05) is 62.4 Å². The third-order valence-electron chi connectivity index (χ3n) is 7.47. The summed E-state index contributed by atoms with van der Waals surface area (Å²) in [5.74, 6) is 0.727. The second-order valence-electron chi connectivity index (χ2n) is 9.62. The van der Waals surface area contributed by atoms with E-state index in [9.17, 15) is 9.90 Å². The van der Waals surface area contributed by atoms with Crippen LogP contribution in [-0.4, -0.2) is 45.5 Å². The molecule has 5 rings (SSSR count). The van der Waals surface area contributed by atoms with Crippen molar-refractivity contribution in [3.05, 3.63) is 76.9 Å². The van der Waals surface area contributed by atoms with E-state index >= 15 is 0 Å². The molecule has 3 atom stereocenters. The molecule has 1 heterocycles. The number of hydrogen-bond donors (Lipinski definition) is 1. The Kier molecular flexibility index (Phi) is 7.08. The van der Waals surface area contributed by atoms with Crippen LogP contribution in [0, 0.1) is 5.92 Å². The van der Waals surface area contributed by atoms with E-state index in [2.05, 4.69) is 0 Å². The smallest absolute Gasteiger partial charge is 0.308 e. The second kappa shape index (κ2) is 10.5. The molecule has 38 heavy (non-hydrogen) atoms. The zero-order valence-corrected chi connectivity index (χ0v) is 22.0. The zero-order chi connectivity index (χ0) is 26.9. The van der Waals surface area contributed by atoms with Crippen molar-refractivity contribution in [2.24, 2.45) is 5.92 Å². The van der Waals surface area contributed by atoms with Crippen molar-refractivity contribution in [1.29, 1.82) is 0 Å².